The van der Waals surface area contributed by atoms with Gasteiger partial charge in [-0.05, 0) is 79.7 Å². The first-order valence-corrected chi connectivity index (χ1v) is 10.8. The Labute approximate surface area is 174 Å². The highest BCUT2D eigenvalue weighted by Crippen LogP contribution is 2.54. The van der Waals surface area contributed by atoms with Gasteiger partial charge in [-0.25, -0.2) is 4.79 Å². The molecule has 164 valence electrons. The van der Waals surface area contributed by atoms with Crippen molar-refractivity contribution in [1.82, 2.24) is 5.32 Å². The van der Waals surface area contributed by atoms with Crippen LogP contribution in [0.3, 0.4) is 0 Å². The van der Waals surface area contributed by atoms with Crippen LogP contribution in [-0.2, 0) is 21.4 Å². The molecule has 1 saturated carbocycles. The van der Waals surface area contributed by atoms with E-state index in [9.17, 15) is 25.2 Å². The summed E-state index contributed by atoms with van der Waals surface area (Å²) < 4.78 is 11.1. The van der Waals surface area contributed by atoms with Crippen LogP contribution in [0.2, 0.25) is 0 Å². The lowest BCUT2D eigenvalue weighted by Gasteiger charge is -2.48. The minimum atomic E-state index is -1.73. The SMILES string of the molecule is O=C(O)[C@H]1O[C@@H](Oc2ccc3c(c2)[C@]24CCN[C@@H](CC2)C[C@H]4CC3)[C@H](O)[C@@H](O)[C@@H]1O. The molecule has 4 fully saturated rings. The Morgan fingerprint density at radius 1 is 1.13 bits per heavy atom. The first-order valence-electron chi connectivity index (χ1n) is 10.8. The number of ether oxygens (including phenoxy) is 2. The van der Waals surface area contributed by atoms with Crippen molar-refractivity contribution in [3.05, 3.63) is 29.3 Å². The maximum atomic E-state index is 11.3. The Balaban J connectivity index is 1.43. The smallest absolute Gasteiger partial charge is 0.335 e. The second-order valence-corrected chi connectivity index (χ2v) is 9.24. The van der Waals surface area contributed by atoms with E-state index in [2.05, 4.69) is 11.4 Å². The highest BCUT2D eigenvalue weighted by molar-refractivity contribution is 5.73. The number of fused-ring (bicyclic) bond motifs is 4. The molecule has 5 N–H and O–H groups in total. The molecule has 0 radical (unpaired) electrons. The van der Waals surface area contributed by atoms with Crippen molar-refractivity contribution in [2.75, 3.05) is 6.54 Å². The minimum Gasteiger partial charge on any atom is -0.479 e. The number of nitrogens with one attached hydrogen (secondary N) is 1. The van der Waals surface area contributed by atoms with Crippen LogP contribution in [0.4, 0.5) is 0 Å². The van der Waals surface area contributed by atoms with Gasteiger partial charge in [0.2, 0.25) is 6.29 Å². The van der Waals surface area contributed by atoms with Gasteiger partial charge in [-0.15, -0.1) is 0 Å². The lowest BCUT2D eigenvalue weighted by Crippen LogP contribution is -2.61. The molecule has 1 aromatic carbocycles. The average Bonchev–Trinajstić information content (AvgIpc) is 3.06. The standard InChI is InChI=1S/C22H29NO7/c24-16-17(25)19(20(27)28)30-21(18(16)26)29-14-4-2-11-1-3-12-9-13-5-6-22(12,7-8-23-13)15(11)10-14/h2,4,10,12-13,16-19,21,23-26H,1,3,5-9H2,(H,27,28)/t12-,13+,16+,17+,18-,19+,21-,22+/m1/s1. The summed E-state index contributed by atoms with van der Waals surface area (Å²) in [7, 11) is 0. The summed E-state index contributed by atoms with van der Waals surface area (Å²) in [4.78, 5) is 11.3. The van der Waals surface area contributed by atoms with E-state index in [0.717, 1.165) is 32.2 Å². The minimum absolute atomic E-state index is 0.123. The van der Waals surface area contributed by atoms with Gasteiger partial charge < -0.3 is 35.2 Å². The summed E-state index contributed by atoms with van der Waals surface area (Å²) in [6, 6.07) is 6.48. The van der Waals surface area contributed by atoms with Crippen molar-refractivity contribution in [2.45, 2.75) is 80.7 Å². The normalized spacial score (nSPS) is 42.7. The zero-order valence-electron chi connectivity index (χ0n) is 16.7. The topological polar surface area (TPSA) is 128 Å². The maximum absolute atomic E-state index is 11.3. The summed E-state index contributed by atoms with van der Waals surface area (Å²) in [6.07, 6.45) is -1.21. The van der Waals surface area contributed by atoms with Crippen LogP contribution in [-0.4, -0.2) is 69.7 Å². The largest absolute Gasteiger partial charge is 0.479 e. The third-order valence-electron chi connectivity index (χ3n) is 7.74. The number of hydrogen-bond donors (Lipinski definition) is 5. The molecule has 5 aliphatic rings. The number of benzene rings is 1. The number of carbonyl (C=O) groups is 1. The Morgan fingerprint density at radius 2 is 1.97 bits per heavy atom. The van der Waals surface area contributed by atoms with E-state index in [1.165, 1.54) is 24.0 Å². The molecule has 8 nitrogen and oxygen atoms in total. The average molecular weight is 419 g/mol. The van der Waals surface area contributed by atoms with E-state index < -0.39 is 36.7 Å². The number of rotatable bonds is 3. The van der Waals surface area contributed by atoms with E-state index in [1.807, 2.05) is 6.07 Å². The molecule has 2 bridgehead atoms. The number of carboxylic acid groups (broad SMARTS) is 1. The Hall–Kier alpha value is -1.71. The molecule has 0 amide bonds. The Kier molecular flexibility index (Phi) is 5.02. The first kappa shape index (κ1) is 20.2. The number of aryl methyl sites for hydroxylation is 1. The predicted octanol–water partition coefficient (Wildman–Crippen LogP) is 0.304. The molecule has 8 atom stereocenters. The van der Waals surface area contributed by atoms with E-state index in [-0.39, 0.29) is 5.41 Å². The number of aliphatic carboxylic acids is 1. The molecule has 3 saturated heterocycles. The van der Waals surface area contributed by atoms with Gasteiger partial charge >= 0.3 is 5.97 Å². The van der Waals surface area contributed by atoms with Gasteiger partial charge in [0, 0.05) is 6.04 Å². The fourth-order valence-corrected chi connectivity index (χ4v) is 6.14. The summed E-state index contributed by atoms with van der Waals surface area (Å²) in [5.74, 6) is -0.310. The molecule has 3 heterocycles. The fraction of sp³-hybridized carbons (Fsp3) is 0.682. The lowest BCUT2D eigenvalue weighted by atomic mass is 9.56. The van der Waals surface area contributed by atoms with Gasteiger partial charge in [0.05, 0.1) is 0 Å². The Bertz CT molecular complexity index is 828. The van der Waals surface area contributed by atoms with Crippen molar-refractivity contribution >= 4 is 5.97 Å². The van der Waals surface area contributed by atoms with E-state index in [1.54, 1.807) is 6.07 Å². The molecule has 1 aromatic rings. The molecule has 0 unspecified atom stereocenters. The third kappa shape index (κ3) is 3.13. The highest BCUT2D eigenvalue weighted by Gasteiger charge is 2.50. The molecule has 1 spiro atoms. The van der Waals surface area contributed by atoms with Crippen molar-refractivity contribution in [1.29, 1.82) is 0 Å². The highest BCUT2D eigenvalue weighted by atomic mass is 16.7. The number of hydrogen-bond acceptors (Lipinski definition) is 7. The van der Waals surface area contributed by atoms with Crippen LogP contribution in [0, 0.1) is 5.92 Å². The first-order chi connectivity index (χ1) is 14.4. The van der Waals surface area contributed by atoms with Crippen molar-refractivity contribution in [3.8, 4) is 5.75 Å². The molecule has 30 heavy (non-hydrogen) atoms. The van der Waals surface area contributed by atoms with Crippen LogP contribution in [0.25, 0.3) is 0 Å². The summed E-state index contributed by atoms with van der Waals surface area (Å²) >= 11 is 0. The monoisotopic (exact) mass is 419 g/mol. The predicted molar refractivity (Wildman–Crippen MR) is 105 cm³/mol. The van der Waals surface area contributed by atoms with Crippen LogP contribution in [0.1, 0.15) is 43.2 Å². The molecule has 0 aromatic heterocycles. The van der Waals surface area contributed by atoms with Crippen molar-refractivity contribution in [2.24, 2.45) is 5.92 Å². The second-order valence-electron chi connectivity index (χ2n) is 9.24. The summed E-state index contributed by atoms with van der Waals surface area (Å²) in [5.41, 5.74) is 2.74. The molecule has 2 aliphatic carbocycles. The molecule has 6 rings (SSSR count). The molecular formula is C22H29NO7. The lowest BCUT2D eigenvalue weighted by molar-refractivity contribution is -0.271. The van der Waals surface area contributed by atoms with Crippen LogP contribution < -0.4 is 10.1 Å². The zero-order chi connectivity index (χ0) is 21.0. The fourth-order valence-electron chi connectivity index (χ4n) is 6.14. The number of aliphatic hydroxyl groups excluding tert-OH is 3. The second kappa shape index (κ2) is 7.46. The molecule has 3 aliphatic heterocycles. The van der Waals surface area contributed by atoms with Crippen LogP contribution >= 0.6 is 0 Å². The molecule has 8 heteroatoms. The van der Waals surface area contributed by atoms with E-state index in [4.69, 9.17) is 9.47 Å². The van der Waals surface area contributed by atoms with E-state index in [0.29, 0.717) is 17.7 Å². The van der Waals surface area contributed by atoms with Crippen LogP contribution in [0.5, 0.6) is 5.75 Å². The van der Waals surface area contributed by atoms with Gasteiger partial charge in [0.25, 0.3) is 0 Å². The summed E-state index contributed by atoms with van der Waals surface area (Å²) in [6.45, 7) is 1.00. The molecular weight excluding hydrogens is 390 g/mol. The van der Waals surface area contributed by atoms with Gasteiger partial charge in [-0.1, -0.05) is 6.07 Å². The number of carboxylic acids is 1. The maximum Gasteiger partial charge on any atom is 0.335 e. The van der Waals surface area contributed by atoms with Crippen molar-refractivity contribution in [3.63, 3.8) is 0 Å². The van der Waals surface area contributed by atoms with Gasteiger partial charge in [0.15, 0.2) is 6.10 Å². The number of aliphatic hydroxyl groups is 3. The Morgan fingerprint density at radius 3 is 2.77 bits per heavy atom. The zero-order valence-corrected chi connectivity index (χ0v) is 16.7. The van der Waals surface area contributed by atoms with Gasteiger partial charge in [0.1, 0.15) is 24.1 Å². The van der Waals surface area contributed by atoms with Crippen molar-refractivity contribution < 1.29 is 34.7 Å². The quantitative estimate of drug-likeness (QED) is 0.473. The third-order valence-corrected chi connectivity index (χ3v) is 7.74. The van der Waals surface area contributed by atoms with Crippen LogP contribution in [0.15, 0.2) is 18.2 Å². The van der Waals surface area contributed by atoms with E-state index >= 15 is 0 Å². The van der Waals surface area contributed by atoms with Gasteiger partial charge in [-0.3, -0.25) is 0 Å². The summed E-state index contributed by atoms with van der Waals surface area (Å²) in [5, 5.41) is 43.1. The van der Waals surface area contributed by atoms with Gasteiger partial charge in [-0.2, -0.15) is 0 Å².